The zero-order chi connectivity index (χ0) is 13.7. The minimum Gasteiger partial charge on any atom is -0.344 e. The molecule has 2 heterocycles. The van der Waals surface area contributed by atoms with E-state index in [2.05, 4.69) is 20.7 Å². The van der Waals surface area contributed by atoms with E-state index in [1.165, 1.54) is 0 Å². The SMILES string of the molecule is CC(NC(=O)c1cccnc1NN)c1ccccn1. The van der Waals surface area contributed by atoms with Gasteiger partial charge in [-0.25, -0.2) is 10.8 Å². The fraction of sp³-hybridized carbons (Fsp3) is 0.154. The molecule has 0 saturated heterocycles. The highest BCUT2D eigenvalue weighted by Gasteiger charge is 2.15. The van der Waals surface area contributed by atoms with Gasteiger partial charge >= 0.3 is 0 Å². The van der Waals surface area contributed by atoms with Gasteiger partial charge < -0.3 is 10.7 Å². The molecule has 1 unspecified atom stereocenters. The van der Waals surface area contributed by atoms with Crippen molar-refractivity contribution in [2.45, 2.75) is 13.0 Å². The van der Waals surface area contributed by atoms with Crippen LogP contribution in [0.4, 0.5) is 5.82 Å². The van der Waals surface area contributed by atoms with Gasteiger partial charge in [-0.15, -0.1) is 0 Å². The first-order valence-electron chi connectivity index (χ1n) is 5.86. The number of carbonyl (C=O) groups excluding carboxylic acids is 1. The molecule has 0 aliphatic rings. The van der Waals surface area contributed by atoms with Crippen molar-refractivity contribution in [3.05, 3.63) is 54.0 Å². The zero-order valence-electron chi connectivity index (χ0n) is 10.5. The summed E-state index contributed by atoms with van der Waals surface area (Å²) in [5, 5.41) is 2.85. The molecule has 0 aromatic carbocycles. The van der Waals surface area contributed by atoms with Gasteiger partial charge in [0.15, 0.2) is 5.82 Å². The van der Waals surface area contributed by atoms with Crippen molar-refractivity contribution in [2.24, 2.45) is 5.84 Å². The maximum Gasteiger partial charge on any atom is 0.255 e. The average molecular weight is 257 g/mol. The summed E-state index contributed by atoms with van der Waals surface area (Å²) < 4.78 is 0. The first-order chi connectivity index (χ1) is 9.22. The Morgan fingerprint density at radius 3 is 2.68 bits per heavy atom. The second kappa shape index (κ2) is 5.92. The molecular weight excluding hydrogens is 242 g/mol. The number of aromatic nitrogens is 2. The number of carbonyl (C=O) groups is 1. The van der Waals surface area contributed by atoms with E-state index in [0.29, 0.717) is 11.4 Å². The minimum absolute atomic E-state index is 0.195. The molecule has 0 radical (unpaired) electrons. The highest BCUT2D eigenvalue weighted by atomic mass is 16.1. The van der Waals surface area contributed by atoms with Crippen LogP contribution in [0, 0.1) is 0 Å². The van der Waals surface area contributed by atoms with Crippen LogP contribution in [0.5, 0.6) is 0 Å². The third-order valence-electron chi connectivity index (χ3n) is 2.67. The predicted molar refractivity (Wildman–Crippen MR) is 72.2 cm³/mol. The Hall–Kier alpha value is -2.47. The highest BCUT2D eigenvalue weighted by molar-refractivity contribution is 5.98. The Balaban J connectivity index is 2.13. The number of nitrogens with one attached hydrogen (secondary N) is 2. The molecule has 2 aromatic rings. The number of pyridine rings is 2. The van der Waals surface area contributed by atoms with E-state index in [4.69, 9.17) is 5.84 Å². The van der Waals surface area contributed by atoms with Gasteiger partial charge in [-0.05, 0) is 31.2 Å². The molecule has 0 bridgehead atoms. The third-order valence-corrected chi connectivity index (χ3v) is 2.67. The van der Waals surface area contributed by atoms with Crippen molar-refractivity contribution in [1.82, 2.24) is 15.3 Å². The standard InChI is InChI=1S/C13H15N5O/c1-9(11-6-2-3-7-15-11)17-13(19)10-5-4-8-16-12(10)18-14/h2-9H,14H2,1H3,(H,16,18)(H,17,19). The van der Waals surface area contributed by atoms with E-state index in [1.54, 1.807) is 24.5 Å². The summed E-state index contributed by atoms with van der Waals surface area (Å²) >= 11 is 0. The van der Waals surface area contributed by atoms with Gasteiger partial charge in [-0.3, -0.25) is 9.78 Å². The molecule has 0 fully saturated rings. The number of anilines is 1. The summed E-state index contributed by atoms with van der Waals surface area (Å²) in [4.78, 5) is 20.3. The summed E-state index contributed by atoms with van der Waals surface area (Å²) in [7, 11) is 0. The fourth-order valence-electron chi connectivity index (χ4n) is 1.68. The Morgan fingerprint density at radius 2 is 2.00 bits per heavy atom. The number of hydrogen-bond acceptors (Lipinski definition) is 5. The number of nitrogens with two attached hydrogens (primary N) is 1. The van der Waals surface area contributed by atoms with Crippen LogP contribution in [0.1, 0.15) is 29.0 Å². The topological polar surface area (TPSA) is 92.9 Å². The van der Waals surface area contributed by atoms with E-state index in [1.807, 2.05) is 25.1 Å². The van der Waals surface area contributed by atoms with Gasteiger partial charge in [0, 0.05) is 12.4 Å². The lowest BCUT2D eigenvalue weighted by Gasteiger charge is -2.14. The number of nitrogen functional groups attached to an aromatic ring is 1. The molecule has 0 saturated carbocycles. The van der Waals surface area contributed by atoms with Gasteiger partial charge in [0.2, 0.25) is 0 Å². The number of nitrogens with zero attached hydrogens (tertiary/aromatic N) is 2. The summed E-state index contributed by atoms with van der Waals surface area (Å²) in [6.07, 6.45) is 3.25. The molecule has 1 amide bonds. The van der Waals surface area contributed by atoms with E-state index < -0.39 is 0 Å². The molecule has 4 N–H and O–H groups in total. The van der Waals surface area contributed by atoms with Crippen molar-refractivity contribution < 1.29 is 4.79 Å². The van der Waals surface area contributed by atoms with Crippen LogP contribution in [0.2, 0.25) is 0 Å². The largest absolute Gasteiger partial charge is 0.344 e. The van der Waals surface area contributed by atoms with Crippen molar-refractivity contribution in [3.63, 3.8) is 0 Å². The number of hydrazine groups is 1. The molecule has 0 spiro atoms. The molecule has 98 valence electrons. The van der Waals surface area contributed by atoms with Crippen molar-refractivity contribution in [1.29, 1.82) is 0 Å². The Labute approximate surface area is 111 Å². The first kappa shape index (κ1) is 13.0. The van der Waals surface area contributed by atoms with Gasteiger partial charge in [-0.2, -0.15) is 0 Å². The van der Waals surface area contributed by atoms with Gasteiger partial charge in [0.05, 0.1) is 17.3 Å². The third kappa shape index (κ3) is 3.05. The molecule has 2 aromatic heterocycles. The number of hydrogen-bond donors (Lipinski definition) is 3. The second-order valence-electron chi connectivity index (χ2n) is 3.99. The van der Waals surface area contributed by atoms with Crippen LogP contribution < -0.4 is 16.6 Å². The minimum atomic E-state index is -0.251. The van der Waals surface area contributed by atoms with Crippen LogP contribution in [0.15, 0.2) is 42.7 Å². The van der Waals surface area contributed by atoms with E-state index in [0.717, 1.165) is 5.69 Å². The predicted octanol–water partition coefficient (Wildman–Crippen LogP) is 1.25. The fourth-order valence-corrected chi connectivity index (χ4v) is 1.68. The summed E-state index contributed by atoms with van der Waals surface area (Å²) in [5.41, 5.74) is 3.59. The summed E-state index contributed by atoms with van der Waals surface area (Å²) in [6.45, 7) is 1.87. The van der Waals surface area contributed by atoms with Gasteiger partial charge in [0.1, 0.15) is 0 Å². The number of rotatable bonds is 4. The lowest BCUT2D eigenvalue weighted by molar-refractivity contribution is 0.0939. The van der Waals surface area contributed by atoms with Crippen molar-refractivity contribution in [2.75, 3.05) is 5.43 Å². The molecule has 0 aliphatic carbocycles. The molecule has 19 heavy (non-hydrogen) atoms. The summed E-state index contributed by atoms with van der Waals surface area (Å²) in [6, 6.07) is 8.71. The first-order valence-corrected chi connectivity index (χ1v) is 5.86. The zero-order valence-corrected chi connectivity index (χ0v) is 10.5. The van der Waals surface area contributed by atoms with Crippen LogP contribution in [0.25, 0.3) is 0 Å². The normalized spacial score (nSPS) is 11.7. The average Bonchev–Trinajstić information content (AvgIpc) is 2.48. The van der Waals surface area contributed by atoms with Gasteiger partial charge in [-0.1, -0.05) is 6.07 Å². The lowest BCUT2D eigenvalue weighted by atomic mass is 10.2. The molecule has 0 aliphatic heterocycles. The molecule has 1 atom stereocenters. The summed E-state index contributed by atoms with van der Waals surface area (Å²) in [5.74, 6) is 5.42. The van der Waals surface area contributed by atoms with Gasteiger partial charge in [0.25, 0.3) is 5.91 Å². The van der Waals surface area contributed by atoms with E-state index >= 15 is 0 Å². The smallest absolute Gasteiger partial charge is 0.255 e. The molecular formula is C13H15N5O. The lowest BCUT2D eigenvalue weighted by Crippen LogP contribution is -2.28. The Bertz CT molecular complexity index is 558. The quantitative estimate of drug-likeness (QED) is 0.566. The van der Waals surface area contributed by atoms with Crippen LogP contribution >= 0.6 is 0 Å². The van der Waals surface area contributed by atoms with Crippen LogP contribution in [-0.2, 0) is 0 Å². The second-order valence-corrected chi connectivity index (χ2v) is 3.99. The van der Waals surface area contributed by atoms with Crippen LogP contribution in [0.3, 0.4) is 0 Å². The molecule has 6 nitrogen and oxygen atoms in total. The Kier molecular flexibility index (Phi) is 4.04. The Morgan fingerprint density at radius 1 is 1.21 bits per heavy atom. The van der Waals surface area contributed by atoms with E-state index in [9.17, 15) is 4.79 Å². The monoisotopic (exact) mass is 257 g/mol. The number of amides is 1. The van der Waals surface area contributed by atoms with Crippen LogP contribution in [-0.4, -0.2) is 15.9 Å². The maximum absolute atomic E-state index is 12.1. The van der Waals surface area contributed by atoms with E-state index in [-0.39, 0.29) is 11.9 Å². The molecule has 2 rings (SSSR count). The highest BCUT2D eigenvalue weighted by Crippen LogP contribution is 2.13. The molecule has 6 heteroatoms. The maximum atomic E-state index is 12.1. The van der Waals surface area contributed by atoms with Crippen molar-refractivity contribution in [3.8, 4) is 0 Å². The van der Waals surface area contributed by atoms with Crippen molar-refractivity contribution >= 4 is 11.7 Å².